The van der Waals surface area contributed by atoms with Crippen molar-refractivity contribution in [3.63, 3.8) is 0 Å². The highest BCUT2D eigenvalue weighted by molar-refractivity contribution is 5.39. The summed E-state index contributed by atoms with van der Waals surface area (Å²) in [4.78, 5) is 4.17. The van der Waals surface area contributed by atoms with Crippen molar-refractivity contribution in [2.24, 2.45) is 0 Å². The highest BCUT2D eigenvalue weighted by Gasteiger charge is 1.96. The van der Waals surface area contributed by atoms with Crippen molar-refractivity contribution in [3.8, 4) is 6.07 Å². The molecule has 0 aliphatic carbocycles. The predicted octanol–water partition coefficient (Wildman–Crippen LogP) is 3.17. The molecule has 2 aromatic rings. The van der Waals surface area contributed by atoms with E-state index >= 15 is 0 Å². The van der Waals surface area contributed by atoms with Crippen LogP contribution in [0.1, 0.15) is 23.6 Å². The summed E-state index contributed by atoms with van der Waals surface area (Å²) < 4.78 is 0. The van der Waals surface area contributed by atoms with Gasteiger partial charge in [0.1, 0.15) is 11.9 Å². The fourth-order valence-electron chi connectivity index (χ4n) is 1.84. The molecule has 0 saturated heterocycles. The monoisotopic (exact) mass is 251 g/mol. The van der Waals surface area contributed by atoms with Crippen LogP contribution in [0.25, 0.3) is 0 Å². The number of aryl methyl sites for hydroxylation is 1. The molecule has 0 aliphatic heterocycles. The number of nitrogens with one attached hydrogen (secondary N) is 1. The summed E-state index contributed by atoms with van der Waals surface area (Å²) in [5.74, 6) is 0.809. The van der Waals surface area contributed by atoms with Crippen LogP contribution in [-0.2, 0) is 12.8 Å². The minimum absolute atomic E-state index is 0.584. The zero-order chi connectivity index (χ0) is 13.5. The molecule has 0 amide bonds. The molecule has 1 N–H and O–H groups in total. The van der Waals surface area contributed by atoms with Gasteiger partial charge in [-0.25, -0.2) is 4.98 Å². The van der Waals surface area contributed by atoms with Gasteiger partial charge in [-0.15, -0.1) is 0 Å². The van der Waals surface area contributed by atoms with Crippen molar-refractivity contribution in [2.75, 3.05) is 11.9 Å². The number of aromatic nitrogens is 1. The topological polar surface area (TPSA) is 48.7 Å². The molecule has 0 unspecified atom stereocenters. The first kappa shape index (κ1) is 13.1. The van der Waals surface area contributed by atoms with Crippen molar-refractivity contribution >= 4 is 5.82 Å². The average Bonchev–Trinajstić information content (AvgIpc) is 2.49. The van der Waals surface area contributed by atoms with Crippen LogP contribution in [0.15, 0.2) is 42.6 Å². The number of pyridine rings is 1. The molecule has 0 saturated carbocycles. The molecule has 0 bridgehead atoms. The molecule has 2 rings (SSSR count). The molecule has 1 heterocycles. The van der Waals surface area contributed by atoms with Crippen LogP contribution in [0, 0.1) is 11.3 Å². The van der Waals surface area contributed by atoms with Crippen LogP contribution < -0.4 is 5.32 Å². The van der Waals surface area contributed by atoms with E-state index in [-0.39, 0.29) is 0 Å². The Bertz CT molecular complexity index is 550. The van der Waals surface area contributed by atoms with Gasteiger partial charge < -0.3 is 5.32 Å². The number of rotatable bonds is 5. The molecular weight excluding hydrogens is 234 g/mol. The number of hydrogen-bond donors (Lipinski definition) is 1. The van der Waals surface area contributed by atoms with Crippen LogP contribution in [0.2, 0.25) is 0 Å². The standard InChI is InChI=1S/C16H17N3/c1-2-13-3-5-14(6-4-13)9-10-18-16-8-7-15(11-17)12-19-16/h3-8,12H,2,9-10H2,1H3,(H,18,19). The van der Waals surface area contributed by atoms with E-state index in [2.05, 4.69) is 47.6 Å². The smallest absolute Gasteiger partial charge is 0.125 e. The first-order valence-electron chi connectivity index (χ1n) is 6.49. The summed E-state index contributed by atoms with van der Waals surface area (Å²) in [5.41, 5.74) is 3.27. The Labute approximate surface area is 113 Å². The van der Waals surface area contributed by atoms with E-state index in [1.165, 1.54) is 11.1 Å². The van der Waals surface area contributed by atoms with Crippen molar-refractivity contribution in [1.82, 2.24) is 4.98 Å². The SMILES string of the molecule is CCc1ccc(CCNc2ccc(C#N)cn2)cc1. The molecule has 19 heavy (non-hydrogen) atoms. The lowest BCUT2D eigenvalue weighted by molar-refractivity contribution is 1.00. The zero-order valence-corrected chi connectivity index (χ0v) is 11.1. The van der Waals surface area contributed by atoms with E-state index in [1.807, 2.05) is 6.07 Å². The molecule has 3 heteroatoms. The van der Waals surface area contributed by atoms with Crippen LogP contribution in [0.3, 0.4) is 0 Å². The highest BCUT2D eigenvalue weighted by Crippen LogP contribution is 2.07. The van der Waals surface area contributed by atoms with Crippen molar-refractivity contribution in [2.45, 2.75) is 19.8 Å². The van der Waals surface area contributed by atoms with Gasteiger partial charge in [0.2, 0.25) is 0 Å². The van der Waals surface area contributed by atoms with Crippen molar-refractivity contribution in [1.29, 1.82) is 5.26 Å². The normalized spacial score (nSPS) is 9.89. The maximum absolute atomic E-state index is 8.69. The van der Waals surface area contributed by atoms with Gasteiger partial charge in [-0.3, -0.25) is 0 Å². The molecular formula is C16H17N3. The maximum atomic E-state index is 8.69. The predicted molar refractivity (Wildman–Crippen MR) is 77.0 cm³/mol. The Morgan fingerprint density at radius 1 is 1.11 bits per heavy atom. The largest absolute Gasteiger partial charge is 0.370 e. The van der Waals surface area contributed by atoms with E-state index in [0.29, 0.717) is 5.56 Å². The van der Waals surface area contributed by atoms with Crippen LogP contribution in [-0.4, -0.2) is 11.5 Å². The average molecular weight is 251 g/mol. The van der Waals surface area contributed by atoms with E-state index in [9.17, 15) is 0 Å². The Hall–Kier alpha value is -2.34. The summed E-state index contributed by atoms with van der Waals surface area (Å²) in [6.45, 7) is 3.00. The third-order valence-corrected chi connectivity index (χ3v) is 3.04. The van der Waals surface area contributed by atoms with Gasteiger partial charge in [-0.1, -0.05) is 31.2 Å². The second kappa shape index (κ2) is 6.55. The summed E-state index contributed by atoms with van der Waals surface area (Å²) >= 11 is 0. The summed E-state index contributed by atoms with van der Waals surface area (Å²) in [7, 11) is 0. The van der Waals surface area contributed by atoms with Gasteiger partial charge in [0.25, 0.3) is 0 Å². The number of anilines is 1. The zero-order valence-electron chi connectivity index (χ0n) is 11.1. The minimum Gasteiger partial charge on any atom is -0.370 e. The van der Waals surface area contributed by atoms with Gasteiger partial charge in [-0.2, -0.15) is 5.26 Å². The number of hydrogen-bond acceptors (Lipinski definition) is 3. The lowest BCUT2D eigenvalue weighted by Crippen LogP contribution is -2.06. The first-order chi connectivity index (χ1) is 9.31. The molecule has 0 radical (unpaired) electrons. The molecule has 0 aliphatic rings. The maximum Gasteiger partial charge on any atom is 0.125 e. The number of nitriles is 1. The Morgan fingerprint density at radius 2 is 1.84 bits per heavy atom. The summed E-state index contributed by atoms with van der Waals surface area (Å²) in [6, 6.07) is 14.4. The molecule has 0 atom stereocenters. The highest BCUT2D eigenvalue weighted by atomic mass is 15.0. The second-order valence-corrected chi connectivity index (χ2v) is 4.39. The van der Waals surface area contributed by atoms with Crippen LogP contribution in [0.5, 0.6) is 0 Å². The quantitative estimate of drug-likeness (QED) is 0.888. The van der Waals surface area contributed by atoms with Crippen LogP contribution in [0.4, 0.5) is 5.82 Å². The van der Waals surface area contributed by atoms with Gasteiger partial charge in [-0.05, 0) is 36.1 Å². The molecule has 1 aromatic carbocycles. The third-order valence-electron chi connectivity index (χ3n) is 3.04. The van der Waals surface area contributed by atoms with E-state index < -0.39 is 0 Å². The van der Waals surface area contributed by atoms with Gasteiger partial charge in [0.05, 0.1) is 5.56 Å². The van der Waals surface area contributed by atoms with Crippen molar-refractivity contribution < 1.29 is 0 Å². The molecule has 1 aromatic heterocycles. The van der Waals surface area contributed by atoms with Gasteiger partial charge in [0.15, 0.2) is 0 Å². The van der Waals surface area contributed by atoms with Crippen LogP contribution >= 0.6 is 0 Å². The number of benzene rings is 1. The molecule has 3 nitrogen and oxygen atoms in total. The van der Waals surface area contributed by atoms with Gasteiger partial charge in [0, 0.05) is 12.7 Å². The lowest BCUT2D eigenvalue weighted by Gasteiger charge is -2.06. The lowest BCUT2D eigenvalue weighted by atomic mass is 10.1. The second-order valence-electron chi connectivity index (χ2n) is 4.39. The molecule has 0 fully saturated rings. The van der Waals surface area contributed by atoms with E-state index in [1.54, 1.807) is 12.3 Å². The third kappa shape index (κ3) is 3.82. The molecule has 96 valence electrons. The fraction of sp³-hybridized carbons (Fsp3) is 0.250. The number of nitrogens with zero attached hydrogens (tertiary/aromatic N) is 2. The Kier molecular flexibility index (Phi) is 4.52. The van der Waals surface area contributed by atoms with E-state index in [4.69, 9.17) is 5.26 Å². The van der Waals surface area contributed by atoms with Crippen molar-refractivity contribution in [3.05, 3.63) is 59.3 Å². The molecule has 0 spiro atoms. The van der Waals surface area contributed by atoms with Gasteiger partial charge >= 0.3 is 0 Å². The first-order valence-corrected chi connectivity index (χ1v) is 6.49. The summed E-state index contributed by atoms with van der Waals surface area (Å²) in [5, 5.41) is 11.9. The fourth-order valence-corrected chi connectivity index (χ4v) is 1.84. The Balaban J connectivity index is 1.83. The Morgan fingerprint density at radius 3 is 2.42 bits per heavy atom. The van der Waals surface area contributed by atoms with E-state index in [0.717, 1.165) is 25.2 Å². The minimum atomic E-state index is 0.584. The summed E-state index contributed by atoms with van der Waals surface area (Å²) in [6.07, 6.45) is 3.62.